The van der Waals surface area contributed by atoms with E-state index in [1.165, 1.54) is 50.0 Å². The highest BCUT2D eigenvalue weighted by molar-refractivity contribution is 5.55. The van der Waals surface area contributed by atoms with Gasteiger partial charge in [-0.05, 0) is 50.9 Å². The van der Waals surface area contributed by atoms with E-state index in [-0.39, 0.29) is 0 Å². The van der Waals surface area contributed by atoms with Gasteiger partial charge in [-0.15, -0.1) is 0 Å². The molecular weight excluding hydrogens is 208 g/mol. The van der Waals surface area contributed by atoms with Crippen molar-refractivity contribution in [1.29, 1.82) is 0 Å². The van der Waals surface area contributed by atoms with Gasteiger partial charge in [0, 0.05) is 17.8 Å². The first-order valence-corrected chi connectivity index (χ1v) is 6.94. The van der Waals surface area contributed by atoms with Crippen LogP contribution in [0.5, 0.6) is 0 Å². The second kappa shape index (κ2) is 4.69. The van der Waals surface area contributed by atoms with Crippen molar-refractivity contribution in [3.63, 3.8) is 0 Å². The summed E-state index contributed by atoms with van der Waals surface area (Å²) in [6.45, 7) is 4.87. The molecule has 92 valence electrons. The minimum absolute atomic E-state index is 0.594. The SMILES string of the molecule is CC1CC(N2CCCCC2)c2ccccc2N1. The number of rotatable bonds is 1. The Morgan fingerprint density at radius 1 is 1.12 bits per heavy atom. The van der Waals surface area contributed by atoms with E-state index in [9.17, 15) is 0 Å². The van der Waals surface area contributed by atoms with E-state index in [0.717, 1.165) is 0 Å². The van der Waals surface area contributed by atoms with Crippen molar-refractivity contribution in [2.75, 3.05) is 18.4 Å². The number of nitrogens with one attached hydrogen (secondary N) is 1. The van der Waals surface area contributed by atoms with Gasteiger partial charge in [-0.2, -0.15) is 0 Å². The van der Waals surface area contributed by atoms with E-state index < -0.39 is 0 Å². The second-order valence-corrected chi connectivity index (χ2v) is 5.48. The molecule has 1 aromatic carbocycles. The minimum atomic E-state index is 0.594. The van der Waals surface area contributed by atoms with Crippen LogP contribution in [0.15, 0.2) is 24.3 Å². The fraction of sp³-hybridized carbons (Fsp3) is 0.600. The van der Waals surface area contributed by atoms with Gasteiger partial charge in [-0.3, -0.25) is 4.90 Å². The molecule has 2 nitrogen and oxygen atoms in total. The molecule has 0 amide bonds. The third-order valence-electron chi connectivity index (χ3n) is 4.13. The Morgan fingerprint density at radius 3 is 2.71 bits per heavy atom. The van der Waals surface area contributed by atoms with E-state index in [4.69, 9.17) is 0 Å². The van der Waals surface area contributed by atoms with Crippen molar-refractivity contribution < 1.29 is 0 Å². The number of fused-ring (bicyclic) bond motifs is 1. The molecule has 0 aromatic heterocycles. The van der Waals surface area contributed by atoms with Gasteiger partial charge in [0.05, 0.1) is 0 Å². The fourth-order valence-electron chi connectivity index (χ4n) is 3.28. The monoisotopic (exact) mass is 230 g/mol. The number of hydrogen-bond acceptors (Lipinski definition) is 2. The number of para-hydroxylation sites is 1. The van der Waals surface area contributed by atoms with E-state index in [0.29, 0.717) is 12.1 Å². The van der Waals surface area contributed by atoms with Crippen molar-refractivity contribution >= 4 is 5.69 Å². The molecule has 2 atom stereocenters. The maximum atomic E-state index is 3.60. The molecule has 1 fully saturated rings. The minimum Gasteiger partial charge on any atom is -0.382 e. The summed E-state index contributed by atoms with van der Waals surface area (Å²) in [4.78, 5) is 2.69. The molecule has 2 aliphatic heterocycles. The molecule has 0 spiro atoms. The molecule has 1 aromatic rings. The van der Waals surface area contributed by atoms with Gasteiger partial charge in [-0.25, -0.2) is 0 Å². The summed E-state index contributed by atoms with van der Waals surface area (Å²) in [6, 6.07) is 10.1. The lowest BCUT2D eigenvalue weighted by atomic mass is 9.91. The Labute approximate surface area is 104 Å². The van der Waals surface area contributed by atoms with Crippen LogP contribution in [0.4, 0.5) is 5.69 Å². The zero-order valence-electron chi connectivity index (χ0n) is 10.7. The summed E-state index contributed by atoms with van der Waals surface area (Å²) in [5.41, 5.74) is 2.86. The smallest absolute Gasteiger partial charge is 0.0390 e. The van der Waals surface area contributed by atoms with Crippen LogP contribution < -0.4 is 5.32 Å². The Hall–Kier alpha value is -1.02. The standard InChI is InChI=1S/C15H22N2/c1-12-11-15(17-9-5-2-6-10-17)13-7-3-4-8-14(13)16-12/h3-4,7-8,12,15-16H,2,5-6,9-11H2,1H3. The maximum Gasteiger partial charge on any atom is 0.0390 e. The highest BCUT2D eigenvalue weighted by Crippen LogP contribution is 2.37. The van der Waals surface area contributed by atoms with Crippen LogP contribution in [-0.4, -0.2) is 24.0 Å². The van der Waals surface area contributed by atoms with Gasteiger partial charge in [0.1, 0.15) is 0 Å². The normalized spacial score (nSPS) is 29.5. The largest absolute Gasteiger partial charge is 0.382 e. The second-order valence-electron chi connectivity index (χ2n) is 5.48. The summed E-state index contributed by atoms with van der Waals surface area (Å²) < 4.78 is 0. The van der Waals surface area contributed by atoms with E-state index in [1.807, 2.05) is 0 Å². The summed E-state index contributed by atoms with van der Waals surface area (Å²) in [5, 5.41) is 3.60. The van der Waals surface area contributed by atoms with Gasteiger partial charge < -0.3 is 5.32 Å². The van der Waals surface area contributed by atoms with Crippen LogP contribution >= 0.6 is 0 Å². The van der Waals surface area contributed by atoms with Gasteiger partial charge in [-0.1, -0.05) is 24.6 Å². The molecule has 0 aliphatic carbocycles. The van der Waals surface area contributed by atoms with Crippen LogP contribution in [0.2, 0.25) is 0 Å². The molecule has 2 aliphatic rings. The van der Waals surface area contributed by atoms with E-state index >= 15 is 0 Å². The summed E-state index contributed by atoms with van der Waals surface area (Å²) in [5.74, 6) is 0. The summed E-state index contributed by atoms with van der Waals surface area (Å²) >= 11 is 0. The van der Waals surface area contributed by atoms with Crippen LogP contribution in [0.1, 0.15) is 44.2 Å². The molecule has 2 heteroatoms. The first-order chi connectivity index (χ1) is 8.34. The Balaban J connectivity index is 1.88. The molecule has 0 radical (unpaired) electrons. The molecule has 1 saturated heterocycles. The number of benzene rings is 1. The predicted molar refractivity (Wildman–Crippen MR) is 72.3 cm³/mol. The van der Waals surface area contributed by atoms with Crippen molar-refractivity contribution in [3.05, 3.63) is 29.8 Å². The average molecular weight is 230 g/mol. The number of nitrogens with zero attached hydrogens (tertiary/aromatic N) is 1. The first kappa shape index (κ1) is 11.1. The van der Waals surface area contributed by atoms with Crippen LogP contribution in [0.25, 0.3) is 0 Å². The van der Waals surface area contributed by atoms with Gasteiger partial charge in [0.2, 0.25) is 0 Å². The van der Waals surface area contributed by atoms with Gasteiger partial charge >= 0.3 is 0 Å². The Morgan fingerprint density at radius 2 is 1.88 bits per heavy atom. The van der Waals surface area contributed by atoms with Gasteiger partial charge in [0.15, 0.2) is 0 Å². The molecule has 0 saturated carbocycles. The van der Waals surface area contributed by atoms with E-state index in [1.54, 1.807) is 0 Å². The van der Waals surface area contributed by atoms with Crippen molar-refractivity contribution in [1.82, 2.24) is 4.90 Å². The van der Waals surface area contributed by atoms with Crippen LogP contribution in [0, 0.1) is 0 Å². The molecule has 2 unspecified atom stereocenters. The third-order valence-corrected chi connectivity index (χ3v) is 4.13. The highest BCUT2D eigenvalue weighted by atomic mass is 15.2. The zero-order chi connectivity index (χ0) is 11.7. The lowest BCUT2D eigenvalue weighted by Gasteiger charge is -2.40. The summed E-state index contributed by atoms with van der Waals surface area (Å²) in [7, 11) is 0. The topological polar surface area (TPSA) is 15.3 Å². The fourth-order valence-corrected chi connectivity index (χ4v) is 3.28. The summed E-state index contributed by atoms with van der Waals surface area (Å²) in [6.07, 6.45) is 5.41. The maximum absolute atomic E-state index is 3.60. The average Bonchev–Trinajstić information content (AvgIpc) is 2.39. The molecule has 3 rings (SSSR count). The van der Waals surface area contributed by atoms with Crippen molar-refractivity contribution in [3.8, 4) is 0 Å². The molecule has 1 N–H and O–H groups in total. The van der Waals surface area contributed by atoms with E-state index in [2.05, 4.69) is 41.4 Å². The molecular formula is C15H22N2. The molecule has 2 heterocycles. The van der Waals surface area contributed by atoms with Crippen LogP contribution in [-0.2, 0) is 0 Å². The predicted octanol–water partition coefficient (Wildman–Crippen LogP) is 3.42. The molecule has 17 heavy (non-hydrogen) atoms. The van der Waals surface area contributed by atoms with Crippen molar-refractivity contribution in [2.45, 2.75) is 44.7 Å². The lowest BCUT2D eigenvalue weighted by molar-refractivity contribution is 0.149. The lowest BCUT2D eigenvalue weighted by Crippen LogP contribution is -2.39. The molecule has 0 bridgehead atoms. The number of likely N-dealkylation sites (tertiary alicyclic amines) is 1. The highest BCUT2D eigenvalue weighted by Gasteiger charge is 2.29. The number of piperidine rings is 1. The first-order valence-electron chi connectivity index (χ1n) is 6.94. The van der Waals surface area contributed by atoms with Crippen LogP contribution in [0.3, 0.4) is 0 Å². The Bertz CT molecular complexity index is 382. The Kier molecular flexibility index (Phi) is 3.06. The quantitative estimate of drug-likeness (QED) is 0.795. The zero-order valence-corrected chi connectivity index (χ0v) is 10.7. The number of anilines is 1. The number of hydrogen-bond donors (Lipinski definition) is 1. The van der Waals surface area contributed by atoms with Gasteiger partial charge in [0.25, 0.3) is 0 Å². The van der Waals surface area contributed by atoms with Crippen molar-refractivity contribution in [2.24, 2.45) is 0 Å². The third kappa shape index (κ3) is 2.19.